The van der Waals surface area contributed by atoms with Gasteiger partial charge in [0.15, 0.2) is 0 Å². The number of alkyl halides is 3. The van der Waals surface area contributed by atoms with Gasteiger partial charge >= 0.3 is 13.3 Å². The second-order valence-corrected chi connectivity index (χ2v) is 10.9. The normalized spacial score (nSPS) is 15.6. The maximum Gasteiger partial charge on any atom is 0.492 e. The molecule has 10 nitrogen and oxygen atoms in total. The summed E-state index contributed by atoms with van der Waals surface area (Å²) >= 11 is 0. The number of hydrogen-bond donors (Lipinski definition) is 6. The van der Waals surface area contributed by atoms with Crippen molar-refractivity contribution in [3.63, 3.8) is 0 Å². The van der Waals surface area contributed by atoms with Crippen molar-refractivity contribution in [2.75, 3.05) is 38.0 Å². The minimum atomic E-state index is -4.46. The molecule has 0 bridgehead atoms. The summed E-state index contributed by atoms with van der Waals surface area (Å²) in [5.74, 6) is -0.701. The molecule has 42 heavy (non-hydrogen) atoms. The third kappa shape index (κ3) is 8.92. The Labute approximate surface area is 244 Å². The molecule has 0 saturated heterocycles. The molecule has 0 saturated carbocycles. The SMILES string of the molecule is CC1(C)OB(O)c2cc(NC[C@@H](Cc3ccc(C(F)(F)F)cc3)NC(=O)[C@@H](N)CCC(=O)N(CCN)CCN)ccc21. The number of nitrogens with zero attached hydrogens (tertiary/aromatic N) is 1. The van der Waals surface area contributed by atoms with Crippen LogP contribution in [0.1, 0.15) is 43.4 Å². The smallest absolute Gasteiger partial charge is 0.423 e. The van der Waals surface area contributed by atoms with Crippen LogP contribution in [0.25, 0.3) is 0 Å². The molecule has 230 valence electrons. The lowest BCUT2D eigenvalue weighted by Gasteiger charge is -2.24. The van der Waals surface area contributed by atoms with E-state index in [4.69, 9.17) is 21.9 Å². The molecule has 3 rings (SSSR count). The van der Waals surface area contributed by atoms with E-state index in [-0.39, 0.29) is 44.8 Å². The molecule has 2 amide bonds. The van der Waals surface area contributed by atoms with Crippen LogP contribution in [0, 0.1) is 0 Å². The van der Waals surface area contributed by atoms with E-state index in [0.29, 0.717) is 29.8 Å². The van der Waals surface area contributed by atoms with Crippen LogP contribution in [0.15, 0.2) is 42.5 Å². The van der Waals surface area contributed by atoms with E-state index in [0.717, 1.165) is 17.7 Å². The minimum Gasteiger partial charge on any atom is -0.423 e. The second kappa shape index (κ2) is 14.3. The highest BCUT2D eigenvalue weighted by atomic mass is 19.4. The van der Waals surface area contributed by atoms with Crippen LogP contribution in [-0.2, 0) is 32.4 Å². The molecular formula is C28H40BF3N6O4. The molecule has 14 heteroatoms. The molecule has 0 aliphatic carbocycles. The van der Waals surface area contributed by atoms with Crippen LogP contribution < -0.4 is 33.3 Å². The maximum atomic E-state index is 13.0. The molecule has 2 aromatic rings. The van der Waals surface area contributed by atoms with Crippen molar-refractivity contribution in [1.82, 2.24) is 10.2 Å². The molecule has 9 N–H and O–H groups in total. The summed E-state index contributed by atoms with van der Waals surface area (Å²) in [6.07, 6.45) is -4.12. The van der Waals surface area contributed by atoms with Gasteiger partial charge in [-0.2, -0.15) is 13.2 Å². The van der Waals surface area contributed by atoms with Gasteiger partial charge in [0.2, 0.25) is 11.8 Å². The average molecular weight is 592 g/mol. The Balaban J connectivity index is 1.69. The van der Waals surface area contributed by atoms with Crippen molar-refractivity contribution in [2.45, 2.75) is 57.0 Å². The summed E-state index contributed by atoms with van der Waals surface area (Å²) in [5.41, 5.74) is 18.5. The van der Waals surface area contributed by atoms with Crippen LogP contribution in [0.3, 0.4) is 0 Å². The highest BCUT2D eigenvalue weighted by Crippen LogP contribution is 2.31. The van der Waals surface area contributed by atoms with Crippen LogP contribution >= 0.6 is 0 Å². The summed E-state index contributed by atoms with van der Waals surface area (Å²) in [6.45, 7) is 5.18. The Morgan fingerprint density at radius 3 is 2.33 bits per heavy atom. The summed E-state index contributed by atoms with van der Waals surface area (Å²) in [4.78, 5) is 27.1. The number of benzene rings is 2. The van der Waals surface area contributed by atoms with Crippen LogP contribution in [-0.4, -0.2) is 73.7 Å². The third-order valence-electron chi connectivity index (χ3n) is 7.19. The second-order valence-electron chi connectivity index (χ2n) is 10.9. The number of hydrogen-bond acceptors (Lipinski definition) is 8. The quantitative estimate of drug-likeness (QED) is 0.174. The van der Waals surface area contributed by atoms with Gasteiger partial charge in [-0.25, -0.2) is 0 Å². The molecule has 0 unspecified atom stereocenters. The minimum absolute atomic E-state index is 0.0340. The van der Waals surface area contributed by atoms with Gasteiger partial charge < -0.3 is 42.4 Å². The van der Waals surface area contributed by atoms with E-state index in [1.54, 1.807) is 6.07 Å². The highest BCUT2D eigenvalue weighted by molar-refractivity contribution is 6.62. The van der Waals surface area contributed by atoms with Crippen LogP contribution in [0.5, 0.6) is 0 Å². The Bertz CT molecular complexity index is 1210. The topological polar surface area (TPSA) is 169 Å². The number of carbonyl (C=O) groups is 2. The van der Waals surface area contributed by atoms with Gasteiger partial charge in [-0.05, 0) is 67.5 Å². The Hall–Kier alpha value is -3.17. The predicted molar refractivity (Wildman–Crippen MR) is 156 cm³/mol. The van der Waals surface area contributed by atoms with Gasteiger partial charge in [-0.1, -0.05) is 18.2 Å². The van der Waals surface area contributed by atoms with Gasteiger partial charge in [0.05, 0.1) is 23.2 Å². The maximum absolute atomic E-state index is 13.0. The number of halogens is 3. The summed E-state index contributed by atoms with van der Waals surface area (Å²) < 4.78 is 44.7. The average Bonchev–Trinajstić information content (AvgIpc) is 3.16. The van der Waals surface area contributed by atoms with E-state index in [1.165, 1.54) is 17.0 Å². The fourth-order valence-corrected chi connectivity index (χ4v) is 4.91. The number of anilines is 1. The molecule has 2 atom stereocenters. The van der Waals surface area contributed by atoms with Gasteiger partial charge in [-0.15, -0.1) is 0 Å². The molecule has 2 aromatic carbocycles. The van der Waals surface area contributed by atoms with Crippen molar-refractivity contribution in [3.05, 3.63) is 59.2 Å². The molecule has 1 heterocycles. The molecule has 1 aliphatic rings. The highest BCUT2D eigenvalue weighted by Gasteiger charge is 2.40. The molecule has 0 spiro atoms. The molecule has 0 radical (unpaired) electrons. The summed E-state index contributed by atoms with van der Waals surface area (Å²) in [5, 5.41) is 16.4. The lowest BCUT2D eigenvalue weighted by atomic mass is 9.78. The first-order valence-electron chi connectivity index (χ1n) is 13.9. The van der Waals surface area contributed by atoms with Gasteiger partial charge in [0.25, 0.3) is 0 Å². The van der Waals surface area contributed by atoms with Crippen molar-refractivity contribution in [2.24, 2.45) is 17.2 Å². The number of carbonyl (C=O) groups excluding carboxylic acids is 2. The van der Waals surface area contributed by atoms with Crippen molar-refractivity contribution in [1.29, 1.82) is 0 Å². The zero-order valence-corrected chi connectivity index (χ0v) is 23.9. The zero-order chi connectivity index (χ0) is 31.1. The standard InChI is InChI=1S/C28H40BF3N6O4/c1-27(2)22-8-7-20(16-23(22)29(41)42-27)36-17-21(15-18-3-5-19(6-4-18)28(30,31)32)37-26(40)24(35)9-10-25(39)38(13-11-33)14-12-34/h3-8,16,21,24,36,41H,9-15,17,33-35H2,1-2H3,(H,37,40)/t21-,24+/m1/s1. The molecular weight excluding hydrogens is 552 g/mol. The van der Waals surface area contributed by atoms with Crippen molar-refractivity contribution in [3.8, 4) is 0 Å². The van der Waals surface area contributed by atoms with E-state index < -0.39 is 42.5 Å². The van der Waals surface area contributed by atoms with Gasteiger partial charge in [-0.3, -0.25) is 9.59 Å². The summed E-state index contributed by atoms with van der Waals surface area (Å²) in [7, 11) is -1.08. The molecule has 1 aliphatic heterocycles. The Kier molecular flexibility index (Phi) is 11.4. The van der Waals surface area contributed by atoms with Crippen molar-refractivity contribution >= 4 is 30.1 Å². The number of rotatable bonds is 14. The predicted octanol–water partition coefficient (Wildman–Crippen LogP) is 0.651. The Morgan fingerprint density at radius 1 is 1.10 bits per heavy atom. The van der Waals surface area contributed by atoms with E-state index in [2.05, 4.69) is 10.6 Å². The number of fused-ring (bicyclic) bond motifs is 1. The van der Waals surface area contributed by atoms with Crippen LogP contribution in [0.4, 0.5) is 18.9 Å². The van der Waals surface area contributed by atoms with Crippen molar-refractivity contribution < 1.29 is 32.4 Å². The molecule has 0 fully saturated rings. The lowest BCUT2D eigenvalue weighted by molar-refractivity contribution is -0.137. The Morgan fingerprint density at radius 2 is 1.74 bits per heavy atom. The first-order valence-corrected chi connectivity index (χ1v) is 13.9. The number of nitrogens with one attached hydrogen (secondary N) is 2. The number of amides is 2. The number of nitrogens with two attached hydrogens (primary N) is 3. The first-order chi connectivity index (χ1) is 19.7. The third-order valence-corrected chi connectivity index (χ3v) is 7.19. The van der Waals surface area contributed by atoms with Gasteiger partial charge in [0.1, 0.15) is 0 Å². The zero-order valence-electron chi connectivity index (χ0n) is 23.9. The summed E-state index contributed by atoms with van der Waals surface area (Å²) in [6, 6.07) is 8.62. The van der Waals surface area contributed by atoms with Crippen LogP contribution in [0.2, 0.25) is 0 Å². The largest absolute Gasteiger partial charge is 0.492 e. The lowest BCUT2D eigenvalue weighted by Crippen LogP contribution is -2.49. The van der Waals surface area contributed by atoms with E-state index >= 15 is 0 Å². The monoisotopic (exact) mass is 592 g/mol. The first kappa shape index (κ1) is 33.3. The van der Waals surface area contributed by atoms with E-state index in [9.17, 15) is 27.8 Å². The molecule has 0 aromatic heterocycles. The fourth-order valence-electron chi connectivity index (χ4n) is 4.91. The van der Waals surface area contributed by atoms with Gasteiger partial charge in [0, 0.05) is 44.8 Å². The fraction of sp³-hybridized carbons (Fsp3) is 0.500. The van der Waals surface area contributed by atoms with E-state index in [1.807, 2.05) is 26.0 Å².